The number of nitrogens with zero attached hydrogens (tertiary/aromatic N) is 3. The molecular weight excluding hydrogens is 532 g/mol. The number of guanidine groups is 1. The normalized spacial score (nSPS) is 18.3. The van der Waals surface area contributed by atoms with Gasteiger partial charge in [0.1, 0.15) is 11.9 Å². The van der Waals surface area contributed by atoms with Gasteiger partial charge in [0.2, 0.25) is 0 Å². The van der Waals surface area contributed by atoms with Crippen LogP contribution >= 0.6 is 35.6 Å². The molecule has 0 amide bonds. The minimum Gasteiger partial charge on any atom is -0.487 e. The maximum Gasteiger partial charge on any atom is 0.401 e. The summed E-state index contributed by atoms with van der Waals surface area (Å²) in [6.45, 7) is 5.67. The average Bonchev–Trinajstić information content (AvgIpc) is 3.11. The second-order valence-corrected chi connectivity index (χ2v) is 7.74. The fourth-order valence-corrected chi connectivity index (χ4v) is 3.64. The first-order chi connectivity index (χ1) is 13.7. The summed E-state index contributed by atoms with van der Waals surface area (Å²) in [7, 11) is 1.71. The lowest BCUT2D eigenvalue weighted by Crippen LogP contribution is -2.44. The predicted octanol–water partition coefficient (Wildman–Crippen LogP) is 4.51. The van der Waals surface area contributed by atoms with Crippen LogP contribution in [0.1, 0.15) is 20.3 Å². The van der Waals surface area contributed by atoms with Crippen molar-refractivity contribution in [3.63, 3.8) is 0 Å². The molecule has 1 aromatic rings. The molecule has 172 valence electrons. The van der Waals surface area contributed by atoms with Crippen molar-refractivity contribution in [3.8, 4) is 5.75 Å². The van der Waals surface area contributed by atoms with Crippen LogP contribution in [0.15, 0.2) is 29.3 Å². The van der Waals surface area contributed by atoms with Crippen LogP contribution in [-0.4, -0.2) is 74.4 Å². The summed E-state index contributed by atoms with van der Waals surface area (Å²) in [6, 6.07) is 7.30. The zero-order valence-electron chi connectivity index (χ0n) is 17.6. The minimum atomic E-state index is -4.16. The van der Waals surface area contributed by atoms with Crippen molar-refractivity contribution in [2.75, 3.05) is 46.3 Å². The number of hydrogen-bond donors (Lipinski definition) is 1. The van der Waals surface area contributed by atoms with Crippen molar-refractivity contribution >= 4 is 41.5 Å². The third-order valence-corrected chi connectivity index (χ3v) is 5.19. The summed E-state index contributed by atoms with van der Waals surface area (Å²) < 4.78 is 43.9. The molecule has 1 fully saturated rings. The lowest BCUT2D eigenvalue weighted by Gasteiger charge is -2.26. The van der Waals surface area contributed by atoms with E-state index in [0.29, 0.717) is 37.0 Å². The summed E-state index contributed by atoms with van der Waals surface area (Å²) >= 11 is 6.12. The number of alkyl halides is 3. The molecule has 1 aromatic carbocycles. The van der Waals surface area contributed by atoms with E-state index in [2.05, 4.69) is 15.2 Å². The zero-order chi connectivity index (χ0) is 21.4. The second kappa shape index (κ2) is 12.8. The Morgan fingerprint density at radius 1 is 1.40 bits per heavy atom. The van der Waals surface area contributed by atoms with Gasteiger partial charge in [-0.1, -0.05) is 30.7 Å². The van der Waals surface area contributed by atoms with E-state index in [1.54, 1.807) is 20.0 Å². The molecule has 1 aliphatic heterocycles. The van der Waals surface area contributed by atoms with Crippen LogP contribution in [0, 0.1) is 5.92 Å². The monoisotopic (exact) mass is 562 g/mol. The number of likely N-dealkylation sites (tertiary alicyclic amines) is 1. The lowest BCUT2D eigenvalue weighted by atomic mass is 10.1. The molecule has 0 aliphatic carbocycles. The van der Waals surface area contributed by atoms with Gasteiger partial charge in [-0.25, -0.2) is 0 Å². The summed E-state index contributed by atoms with van der Waals surface area (Å²) in [6.07, 6.45) is -3.45. The molecule has 1 aliphatic rings. The standard InChI is InChI=1S/C20H30ClF3N4O.HI/c1-4-27(14-20(22,23)24)12-16-9-10-28(13-16)19(25-3)26-11-15(2)29-18-8-6-5-7-17(18)21;/h5-8,15-16H,4,9-14H2,1-3H3,(H,25,26);1H. The largest absolute Gasteiger partial charge is 0.487 e. The number of rotatable bonds is 8. The number of halogens is 5. The molecule has 1 N–H and O–H groups in total. The smallest absolute Gasteiger partial charge is 0.401 e. The Kier molecular flexibility index (Phi) is 11.6. The summed E-state index contributed by atoms with van der Waals surface area (Å²) in [5.74, 6) is 1.55. The number of ether oxygens (including phenoxy) is 1. The molecule has 5 nitrogen and oxygen atoms in total. The zero-order valence-corrected chi connectivity index (χ0v) is 20.7. The van der Waals surface area contributed by atoms with Crippen molar-refractivity contribution in [2.24, 2.45) is 10.9 Å². The summed E-state index contributed by atoms with van der Waals surface area (Å²) in [4.78, 5) is 7.87. The van der Waals surface area contributed by atoms with Crippen LogP contribution in [0.25, 0.3) is 0 Å². The number of benzene rings is 1. The van der Waals surface area contributed by atoms with Gasteiger partial charge in [0, 0.05) is 26.7 Å². The third-order valence-electron chi connectivity index (χ3n) is 4.88. The van der Waals surface area contributed by atoms with Crippen molar-refractivity contribution in [3.05, 3.63) is 29.3 Å². The van der Waals surface area contributed by atoms with Gasteiger partial charge in [0.25, 0.3) is 0 Å². The topological polar surface area (TPSA) is 40.1 Å². The minimum absolute atomic E-state index is 0. The molecule has 2 unspecified atom stereocenters. The van der Waals surface area contributed by atoms with Crippen molar-refractivity contribution in [2.45, 2.75) is 32.5 Å². The van der Waals surface area contributed by atoms with Crippen LogP contribution in [0.4, 0.5) is 13.2 Å². The van der Waals surface area contributed by atoms with Gasteiger partial charge < -0.3 is 15.0 Å². The van der Waals surface area contributed by atoms with E-state index >= 15 is 0 Å². The molecular formula is C20H31ClF3IN4O. The quantitative estimate of drug-likeness (QED) is 0.288. The highest BCUT2D eigenvalue weighted by Gasteiger charge is 2.33. The molecule has 2 rings (SSSR count). The van der Waals surface area contributed by atoms with Crippen LogP contribution in [0.2, 0.25) is 5.02 Å². The van der Waals surface area contributed by atoms with E-state index in [-0.39, 0.29) is 36.0 Å². The van der Waals surface area contributed by atoms with Gasteiger partial charge in [-0.2, -0.15) is 13.2 Å². The van der Waals surface area contributed by atoms with Gasteiger partial charge in [-0.05, 0) is 37.9 Å². The highest BCUT2D eigenvalue weighted by molar-refractivity contribution is 14.0. The van der Waals surface area contributed by atoms with Gasteiger partial charge in [0.15, 0.2) is 5.96 Å². The van der Waals surface area contributed by atoms with Crippen LogP contribution in [0.5, 0.6) is 5.75 Å². The van der Waals surface area contributed by atoms with Crippen LogP contribution in [-0.2, 0) is 0 Å². The Labute approximate surface area is 199 Å². The Hall–Kier alpha value is -0.940. The molecule has 10 heteroatoms. The van der Waals surface area contributed by atoms with Crippen molar-refractivity contribution in [1.82, 2.24) is 15.1 Å². The first-order valence-electron chi connectivity index (χ1n) is 9.87. The molecule has 0 spiro atoms. The summed E-state index contributed by atoms with van der Waals surface area (Å²) in [5.41, 5.74) is 0. The van der Waals surface area contributed by atoms with Gasteiger partial charge >= 0.3 is 6.18 Å². The molecule has 2 atom stereocenters. The van der Waals surface area contributed by atoms with Crippen molar-refractivity contribution in [1.29, 1.82) is 0 Å². The molecule has 1 heterocycles. The van der Waals surface area contributed by atoms with Crippen LogP contribution in [0.3, 0.4) is 0 Å². The fourth-order valence-electron chi connectivity index (χ4n) is 3.46. The molecule has 0 bridgehead atoms. The van der Waals surface area contributed by atoms with E-state index < -0.39 is 12.7 Å². The Balaban J connectivity index is 0.00000450. The number of hydrogen-bond acceptors (Lipinski definition) is 3. The maximum absolute atomic E-state index is 12.7. The SMILES string of the molecule is CCN(CC1CCN(C(=NC)NCC(C)Oc2ccccc2Cl)C1)CC(F)(F)F.I. The average molecular weight is 563 g/mol. The third kappa shape index (κ3) is 9.05. The fraction of sp³-hybridized carbons (Fsp3) is 0.650. The van der Waals surface area contributed by atoms with E-state index in [4.69, 9.17) is 16.3 Å². The highest BCUT2D eigenvalue weighted by atomic mass is 127. The summed E-state index contributed by atoms with van der Waals surface area (Å²) in [5, 5.41) is 3.85. The van der Waals surface area contributed by atoms with Crippen LogP contribution < -0.4 is 10.1 Å². The van der Waals surface area contributed by atoms with Gasteiger partial charge in [0.05, 0.1) is 18.1 Å². The highest BCUT2D eigenvalue weighted by Crippen LogP contribution is 2.24. The second-order valence-electron chi connectivity index (χ2n) is 7.33. The van der Waals surface area contributed by atoms with E-state index in [0.717, 1.165) is 18.9 Å². The number of aliphatic imine (C=N–C) groups is 1. The van der Waals surface area contributed by atoms with Crippen molar-refractivity contribution < 1.29 is 17.9 Å². The number of para-hydroxylation sites is 1. The van der Waals surface area contributed by atoms with E-state index in [1.165, 1.54) is 4.90 Å². The van der Waals surface area contributed by atoms with Gasteiger partial charge in [-0.15, -0.1) is 24.0 Å². The molecule has 0 saturated carbocycles. The Morgan fingerprint density at radius 3 is 2.70 bits per heavy atom. The molecule has 1 saturated heterocycles. The predicted molar refractivity (Wildman–Crippen MR) is 126 cm³/mol. The van der Waals surface area contributed by atoms with E-state index in [1.807, 2.05) is 25.1 Å². The van der Waals surface area contributed by atoms with Gasteiger partial charge in [-0.3, -0.25) is 9.89 Å². The molecule has 30 heavy (non-hydrogen) atoms. The van der Waals surface area contributed by atoms with E-state index in [9.17, 15) is 13.2 Å². The Bertz CT molecular complexity index is 678. The first-order valence-corrected chi connectivity index (χ1v) is 10.3. The maximum atomic E-state index is 12.7. The molecule has 0 radical (unpaired) electrons. The lowest BCUT2D eigenvalue weighted by molar-refractivity contribution is -0.146. The first kappa shape index (κ1) is 27.1. The molecule has 0 aromatic heterocycles. The number of nitrogens with one attached hydrogen (secondary N) is 1. The Morgan fingerprint density at radius 2 is 2.10 bits per heavy atom.